The van der Waals surface area contributed by atoms with Crippen molar-refractivity contribution >= 4 is 17.5 Å². The number of alkyl halides is 2. The van der Waals surface area contributed by atoms with Gasteiger partial charge in [0.15, 0.2) is 11.6 Å². The molecule has 1 saturated heterocycles. The molecule has 0 bridgehead atoms. The summed E-state index contributed by atoms with van der Waals surface area (Å²) < 4.78 is 34.5. The maximum absolute atomic E-state index is 14.6. The Labute approximate surface area is 242 Å². The lowest BCUT2D eigenvalue weighted by atomic mass is 9.34. The third-order valence-electron chi connectivity index (χ3n) is 13.9. The molecular weight excluding hydrogens is 526 g/mol. The number of carbonyl (C=O) groups is 3. The van der Waals surface area contributed by atoms with Crippen LogP contribution in [-0.4, -0.2) is 40.6 Å². The number of carbonyl (C=O) groups excluding carboxylic acids is 3. The molecule has 0 spiro atoms. The molecule has 41 heavy (non-hydrogen) atoms. The van der Waals surface area contributed by atoms with Crippen LogP contribution in [0.2, 0.25) is 0 Å². The minimum atomic E-state index is -3.50. The Bertz CT molecular complexity index is 1330. The van der Waals surface area contributed by atoms with Crippen molar-refractivity contribution in [1.82, 2.24) is 5.32 Å². The molecule has 5 aliphatic carbocycles. The van der Waals surface area contributed by atoms with Gasteiger partial charge in [-0.2, -0.15) is 14.0 Å². The van der Waals surface area contributed by atoms with E-state index in [1.807, 2.05) is 13.8 Å². The van der Waals surface area contributed by atoms with E-state index in [1.54, 1.807) is 6.08 Å². The fourth-order valence-corrected chi connectivity index (χ4v) is 11.2. The molecule has 1 aliphatic heterocycles. The zero-order valence-electron chi connectivity index (χ0n) is 25.6. The summed E-state index contributed by atoms with van der Waals surface area (Å²) in [6, 6.07) is 2.20. The van der Waals surface area contributed by atoms with E-state index in [0.717, 1.165) is 24.8 Å². The molecule has 8 heteroatoms. The maximum Gasteiger partial charge on any atom is 0.321 e. The van der Waals surface area contributed by atoms with Crippen LogP contribution in [0.25, 0.3) is 0 Å². The van der Waals surface area contributed by atoms with E-state index in [1.165, 1.54) is 0 Å². The molecule has 6 nitrogen and oxygen atoms in total. The van der Waals surface area contributed by atoms with Gasteiger partial charge >= 0.3 is 5.92 Å². The van der Waals surface area contributed by atoms with Crippen LogP contribution >= 0.6 is 0 Å². The van der Waals surface area contributed by atoms with Crippen LogP contribution in [-0.2, 0) is 19.1 Å². The highest BCUT2D eigenvalue weighted by molar-refractivity contribution is 6.01. The number of ether oxygens (including phenoxy) is 1. The highest BCUT2D eigenvalue weighted by Gasteiger charge is 2.82. The zero-order chi connectivity index (χ0) is 30.3. The number of nitrogens with one attached hydrogen (secondary N) is 1. The number of nitriles is 1. The van der Waals surface area contributed by atoms with Crippen molar-refractivity contribution in [3.63, 3.8) is 0 Å². The van der Waals surface area contributed by atoms with Gasteiger partial charge in [0.1, 0.15) is 12.2 Å². The Morgan fingerprint density at radius 3 is 2.34 bits per heavy atom. The fourth-order valence-electron chi connectivity index (χ4n) is 11.2. The molecule has 5 fully saturated rings. The van der Waals surface area contributed by atoms with Crippen molar-refractivity contribution in [3.8, 4) is 6.07 Å². The van der Waals surface area contributed by atoms with Crippen LogP contribution in [0, 0.1) is 62.6 Å². The van der Waals surface area contributed by atoms with E-state index in [0.29, 0.717) is 26.2 Å². The van der Waals surface area contributed by atoms with Gasteiger partial charge in [0.05, 0.1) is 0 Å². The summed E-state index contributed by atoms with van der Waals surface area (Å²) in [4.78, 5) is 40.8. The third kappa shape index (κ3) is 3.23. The van der Waals surface area contributed by atoms with Gasteiger partial charge in [-0.25, -0.2) is 0 Å². The van der Waals surface area contributed by atoms with Gasteiger partial charge < -0.3 is 10.1 Å². The predicted molar refractivity (Wildman–Crippen MR) is 147 cm³/mol. The number of hydrogen-bond donors (Lipinski definition) is 1. The third-order valence-corrected chi connectivity index (χ3v) is 13.9. The maximum atomic E-state index is 14.6. The number of epoxide rings is 1. The largest absolute Gasteiger partial charge is 0.345 e. The molecule has 1 unspecified atom stereocenters. The van der Waals surface area contributed by atoms with Gasteiger partial charge in [0, 0.05) is 29.2 Å². The summed E-state index contributed by atoms with van der Waals surface area (Å²) in [5.41, 5.74) is -3.71. The van der Waals surface area contributed by atoms with Crippen LogP contribution in [0.5, 0.6) is 0 Å². The topological polar surface area (TPSA) is 99.6 Å². The van der Waals surface area contributed by atoms with Crippen LogP contribution < -0.4 is 5.32 Å². The molecule has 0 aromatic rings. The summed E-state index contributed by atoms with van der Waals surface area (Å²) >= 11 is 0. The second-order valence-corrected chi connectivity index (χ2v) is 15.9. The molecule has 4 saturated carbocycles. The standard InChI is InChI=1S/C33H44F2N2O4/c1-17-9-12-32(37-26(40)31(8,34)35)14-13-29(6)23(22(32)18(17)2)19(38)15-21-28(29,5)11-10-20-27(3,4)24(39)33(16-36)25(41-33)30(20,21)7/h15,17-18,20,22-23,25H,9-14H2,1-8H3,(H,37,40)/t17-,18+,20+,22+,23-,25?,28-,29-,30+,32+,33+/m1/s1. The summed E-state index contributed by atoms with van der Waals surface area (Å²) in [5.74, 6) is -5.40. The highest BCUT2D eigenvalue weighted by Crippen LogP contribution is 2.77. The van der Waals surface area contributed by atoms with Crippen molar-refractivity contribution in [2.75, 3.05) is 0 Å². The smallest absolute Gasteiger partial charge is 0.321 e. The molecule has 0 aromatic heterocycles. The SMILES string of the molecule is C[C@@H]1[C@H]2[C@H]3C(=O)C=C4[C@@]5(C)C6O[C@@]6(C#N)C(=O)C(C)(C)[C@@H]5CC[C@@]4(C)[C@]3(C)CC[C@@]2(NC(=O)C(C)(F)F)CC[C@H]1C. The first-order valence-electron chi connectivity index (χ1n) is 15.4. The second-order valence-electron chi connectivity index (χ2n) is 15.9. The number of fused-ring (bicyclic) bond motifs is 9. The molecule has 0 radical (unpaired) electrons. The van der Waals surface area contributed by atoms with Crippen molar-refractivity contribution in [3.05, 3.63) is 11.6 Å². The van der Waals surface area contributed by atoms with Gasteiger partial charge in [0.25, 0.3) is 5.91 Å². The lowest BCUT2D eigenvalue weighted by Crippen LogP contribution is -2.72. The van der Waals surface area contributed by atoms with Gasteiger partial charge in [-0.3, -0.25) is 14.4 Å². The monoisotopic (exact) mass is 570 g/mol. The number of Topliss-reactive ketones (excluding diaryl/α,β-unsaturated/α-hetero) is 1. The van der Waals surface area contributed by atoms with E-state index in [-0.39, 0.29) is 35.2 Å². The predicted octanol–water partition coefficient (Wildman–Crippen LogP) is 5.80. The summed E-state index contributed by atoms with van der Waals surface area (Å²) in [7, 11) is 0. The van der Waals surface area contributed by atoms with Crippen molar-refractivity contribution < 1.29 is 27.9 Å². The van der Waals surface area contributed by atoms with E-state index in [9.17, 15) is 28.4 Å². The van der Waals surface area contributed by atoms with Crippen LogP contribution in [0.4, 0.5) is 8.78 Å². The Balaban J connectivity index is 1.50. The summed E-state index contributed by atoms with van der Waals surface area (Å²) in [6.07, 6.45) is 5.29. The van der Waals surface area contributed by atoms with E-state index >= 15 is 0 Å². The van der Waals surface area contributed by atoms with Gasteiger partial charge in [0.2, 0.25) is 5.60 Å². The van der Waals surface area contributed by atoms with Crippen LogP contribution in [0.3, 0.4) is 0 Å². The van der Waals surface area contributed by atoms with Crippen LogP contribution in [0.1, 0.15) is 93.9 Å². The van der Waals surface area contributed by atoms with E-state index in [4.69, 9.17) is 4.74 Å². The van der Waals surface area contributed by atoms with Gasteiger partial charge in [-0.15, -0.1) is 0 Å². The van der Waals surface area contributed by atoms with Crippen molar-refractivity contribution in [1.29, 1.82) is 5.26 Å². The first kappa shape index (κ1) is 29.0. The second kappa shape index (κ2) is 8.07. The van der Waals surface area contributed by atoms with Crippen molar-refractivity contribution in [2.24, 2.45) is 51.2 Å². The number of allylic oxidation sites excluding steroid dienone is 1. The van der Waals surface area contributed by atoms with E-state index in [2.05, 4.69) is 46.0 Å². The lowest BCUT2D eigenvalue weighted by molar-refractivity contribution is -0.175. The first-order chi connectivity index (χ1) is 18.8. The molecule has 224 valence electrons. The summed E-state index contributed by atoms with van der Waals surface area (Å²) in [6.45, 7) is 15.3. The number of hydrogen-bond acceptors (Lipinski definition) is 5. The quantitative estimate of drug-likeness (QED) is 0.423. The first-order valence-corrected chi connectivity index (χ1v) is 15.4. The highest BCUT2D eigenvalue weighted by atomic mass is 19.3. The molecule has 1 heterocycles. The Kier molecular flexibility index (Phi) is 5.70. The molecular formula is C33H44F2N2O4. The molecule has 6 aliphatic rings. The average molecular weight is 571 g/mol. The molecule has 0 aromatic carbocycles. The molecule has 6 rings (SSSR count). The molecule has 1 N–H and O–H groups in total. The summed E-state index contributed by atoms with van der Waals surface area (Å²) in [5, 5.41) is 12.9. The number of nitrogens with zero attached hydrogens (tertiary/aromatic N) is 1. The minimum absolute atomic E-state index is 0.0210. The number of amides is 1. The van der Waals surface area contributed by atoms with Crippen LogP contribution in [0.15, 0.2) is 11.6 Å². The fraction of sp³-hybridized carbons (Fsp3) is 0.818. The number of ketones is 2. The van der Waals surface area contributed by atoms with E-state index < -0.39 is 56.7 Å². The number of rotatable bonds is 2. The Hall–Kier alpha value is -2.14. The van der Waals surface area contributed by atoms with Gasteiger partial charge in [-0.1, -0.05) is 54.0 Å². The van der Waals surface area contributed by atoms with Gasteiger partial charge in [-0.05, 0) is 79.1 Å². The minimum Gasteiger partial charge on any atom is -0.345 e. The Morgan fingerprint density at radius 2 is 1.73 bits per heavy atom. The molecule has 1 amide bonds. The average Bonchev–Trinajstić information content (AvgIpc) is 3.64. The molecule has 11 atom stereocenters. The number of halogens is 2. The zero-order valence-corrected chi connectivity index (χ0v) is 25.6. The Morgan fingerprint density at radius 1 is 1.07 bits per heavy atom. The van der Waals surface area contributed by atoms with Crippen molar-refractivity contribution in [2.45, 2.75) is 117 Å². The normalized spacial score (nSPS) is 51.5. The lowest BCUT2D eigenvalue weighted by Gasteiger charge is -2.69.